The first-order chi connectivity index (χ1) is 4.20. The lowest BCUT2D eigenvalue weighted by Gasteiger charge is -1.91. The Morgan fingerprint density at radius 1 is 1.22 bits per heavy atom. The van der Waals surface area contributed by atoms with E-state index in [1.807, 2.05) is 0 Å². The predicted molar refractivity (Wildman–Crippen MR) is 28.6 cm³/mol. The van der Waals surface area contributed by atoms with E-state index in [4.69, 9.17) is 11.5 Å². The lowest BCUT2D eigenvalue weighted by Crippen LogP contribution is -2.04. The summed E-state index contributed by atoms with van der Waals surface area (Å²) in [6.45, 7) is 0. The van der Waals surface area contributed by atoms with Crippen molar-refractivity contribution in [2.24, 2.45) is 0 Å². The van der Waals surface area contributed by atoms with Crippen molar-refractivity contribution in [3.05, 3.63) is 5.95 Å². The normalized spacial score (nSPS) is 9.44. The van der Waals surface area contributed by atoms with Gasteiger partial charge in [-0.25, -0.2) is 0 Å². The molecule has 0 aromatic carbocycles. The Labute approximate surface area is 49.9 Å². The smallest absolute Gasteiger partial charge is 0.275 e. The first-order valence-corrected chi connectivity index (χ1v) is 2.11. The Balaban J connectivity index is 3.17. The molecule has 0 radical (unpaired) electrons. The summed E-state index contributed by atoms with van der Waals surface area (Å²) < 4.78 is 12.1. The first kappa shape index (κ1) is 5.67. The standard InChI is InChI=1S/C3H4FN5/c4-1-2(5)7-3(6)9-8-1/h(H4,5,6,7,9). The molecule has 0 amide bonds. The quantitative estimate of drug-likeness (QED) is 0.477. The molecule has 0 atom stereocenters. The second kappa shape index (κ2) is 1.81. The molecule has 9 heavy (non-hydrogen) atoms. The van der Waals surface area contributed by atoms with Crippen molar-refractivity contribution in [1.29, 1.82) is 0 Å². The van der Waals surface area contributed by atoms with Gasteiger partial charge in [-0.1, -0.05) is 0 Å². The summed E-state index contributed by atoms with van der Waals surface area (Å²) in [5.41, 5.74) is 9.95. The van der Waals surface area contributed by atoms with Crippen molar-refractivity contribution >= 4 is 11.8 Å². The van der Waals surface area contributed by atoms with Crippen LogP contribution in [-0.2, 0) is 0 Å². The van der Waals surface area contributed by atoms with Gasteiger partial charge in [-0.15, -0.1) is 10.2 Å². The van der Waals surface area contributed by atoms with E-state index in [2.05, 4.69) is 15.2 Å². The van der Waals surface area contributed by atoms with Crippen molar-refractivity contribution < 1.29 is 4.39 Å². The first-order valence-electron chi connectivity index (χ1n) is 2.11. The average Bonchev–Trinajstić information content (AvgIpc) is 1.80. The molecular weight excluding hydrogens is 125 g/mol. The van der Waals surface area contributed by atoms with E-state index >= 15 is 0 Å². The van der Waals surface area contributed by atoms with E-state index in [1.165, 1.54) is 0 Å². The van der Waals surface area contributed by atoms with Gasteiger partial charge >= 0.3 is 0 Å². The molecule has 0 spiro atoms. The SMILES string of the molecule is Nc1nnc(F)c(N)n1. The molecule has 0 saturated carbocycles. The molecule has 5 nitrogen and oxygen atoms in total. The van der Waals surface area contributed by atoms with E-state index in [0.29, 0.717) is 0 Å². The van der Waals surface area contributed by atoms with Gasteiger partial charge in [-0.3, -0.25) is 0 Å². The zero-order chi connectivity index (χ0) is 6.85. The molecule has 1 heterocycles. The minimum atomic E-state index is -0.899. The minimum Gasteiger partial charge on any atom is -0.380 e. The fourth-order valence-electron chi connectivity index (χ4n) is 0.338. The van der Waals surface area contributed by atoms with Crippen LogP contribution in [0.25, 0.3) is 0 Å². The lowest BCUT2D eigenvalue weighted by molar-refractivity contribution is 0.562. The minimum absolute atomic E-state index is 0.131. The molecular formula is C3H4FN5. The van der Waals surface area contributed by atoms with E-state index < -0.39 is 5.95 Å². The van der Waals surface area contributed by atoms with Crippen molar-refractivity contribution in [3.63, 3.8) is 0 Å². The fourth-order valence-corrected chi connectivity index (χ4v) is 0.338. The van der Waals surface area contributed by atoms with Crippen LogP contribution in [0, 0.1) is 5.95 Å². The van der Waals surface area contributed by atoms with Gasteiger partial charge in [0.1, 0.15) is 0 Å². The van der Waals surface area contributed by atoms with Gasteiger partial charge in [-0.05, 0) is 0 Å². The van der Waals surface area contributed by atoms with E-state index in [-0.39, 0.29) is 11.8 Å². The number of aromatic nitrogens is 3. The average molecular weight is 129 g/mol. The summed E-state index contributed by atoms with van der Waals surface area (Å²) in [4.78, 5) is 3.28. The summed E-state index contributed by atoms with van der Waals surface area (Å²) >= 11 is 0. The van der Waals surface area contributed by atoms with Crippen LogP contribution in [0.4, 0.5) is 16.2 Å². The number of nitrogens with zero attached hydrogens (tertiary/aromatic N) is 3. The van der Waals surface area contributed by atoms with Crippen LogP contribution < -0.4 is 11.5 Å². The molecule has 1 aromatic heterocycles. The van der Waals surface area contributed by atoms with Gasteiger partial charge < -0.3 is 11.5 Å². The Bertz CT molecular complexity index is 223. The number of anilines is 2. The molecule has 4 N–H and O–H groups in total. The van der Waals surface area contributed by atoms with Crippen LogP contribution in [0.15, 0.2) is 0 Å². The maximum absolute atomic E-state index is 12.1. The van der Waals surface area contributed by atoms with Crippen molar-refractivity contribution in [2.75, 3.05) is 11.5 Å². The highest BCUT2D eigenvalue weighted by Gasteiger charge is 1.99. The maximum Gasteiger partial charge on any atom is 0.275 e. The molecule has 6 heteroatoms. The summed E-state index contributed by atoms with van der Waals surface area (Å²) in [7, 11) is 0. The zero-order valence-corrected chi connectivity index (χ0v) is 4.37. The van der Waals surface area contributed by atoms with Crippen LogP contribution in [0.3, 0.4) is 0 Å². The largest absolute Gasteiger partial charge is 0.380 e. The molecule has 0 unspecified atom stereocenters. The number of hydrogen-bond donors (Lipinski definition) is 2. The molecule has 0 aliphatic heterocycles. The molecule has 0 aliphatic carbocycles. The summed E-state index contributed by atoms with van der Waals surface area (Å²) in [6, 6.07) is 0. The van der Waals surface area contributed by atoms with Gasteiger partial charge in [0, 0.05) is 0 Å². The van der Waals surface area contributed by atoms with Gasteiger partial charge in [0.2, 0.25) is 5.95 Å². The topological polar surface area (TPSA) is 90.7 Å². The van der Waals surface area contributed by atoms with E-state index in [9.17, 15) is 4.39 Å². The van der Waals surface area contributed by atoms with Gasteiger partial charge in [0.15, 0.2) is 5.82 Å². The van der Waals surface area contributed by atoms with Crippen LogP contribution in [0.1, 0.15) is 0 Å². The van der Waals surface area contributed by atoms with Crippen molar-refractivity contribution in [2.45, 2.75) is 0 Å². The molecule has 1 rings (SSSR count). The Morgan fingerprint density at radius 2 is 1.89 bits per heavy atom. The highest BCUT2D eigenvalue weighted by atomic mass is 19.1. The van der Waals surface area contributed by atoms with Crippen LogP contribution in [-0.4, -0.2) is 15.2 Å². The summed E-state index contributed by atoms with van der Waals surface area (Å²) in [5, 5.41) is 6.05. The molecule has 0 bridgehead atoms. The van der Waals surface area contributed by atoms with Gasteiger partial charge in [0.05, 0.1) is 0 Å². The maximum atomic E-state index is 12.1. The van der Waals surface area contributed by atoms with Gasteiger partial charge in [-0.2, -0.15) is 9.37 Å². The highest BCUT2D eigenvalue weighted by Crippen LogP contribution is 1.99. The number of nitrogens with two attached hydrogens (primary N) is 2. The second-order valence-corrected chi connectivity index (χ2v) is 1.35. The third kappa shape index (κ3) is 1.01. The Kier molecular flexibility index (Phi) is 1.14. The Morgan fingerprint density at radius 3 is 2.33 bits per heavy atom. The van der Waals surface area contributed by atoms with E-state index in [1.54, 1.807) is 0 Å². The zero-order valence-electron chi connectivity index (χ0n) is 4.37. The van der Waals surface area contributed by atoms with Crippen LogP contribution in [0.5, 0.6) is 0 Å². The van der Waals surface area contributed by atoms with E-state index in [0.717, 1.165) is 0 Å². The Hall–Kier alpha value is -1.46. The second-order valence-electron chi connectivity index (χ2n) is 1.35. The summed E-state index contributed by atoms with van der Waals surface area (Å²) in [5.74, 6) is -1.36. The van der Waals surface area contributed by atoms with Crippen LogP contribution in [0.2, 0.25) is 0 Å². The molecule has 1 aromatic rings. The van der Waals surface area contributed by atoms with Crippen LogP contribution >= 0.6 is 0 Å². The fraction of sp³-hybridized carbons (Fsp3) is 0. The number of rotatable bonds is 0. The molecule has 0 saturated heterocycles. The summed E-state index contributed by atoms with van der Waals surface area (Å²) in [6.07, 6.45) is 0. The highest BCUT2D eigenvalue weighted by molar-refractivity contribution is 5.29. The number of hydrogen-bond acceptors (Lipinski definition) is 5. The molecule has 48 valence electrons. The monoisotopic (exact) mass is 129 g/mol. The van der Waals surface area contributed by atoms with Gasteiger partial charge in [0.25, 0.3) is 5.95 Å². The third-order valence-electron chi connectivity index (χ3n) is 0.687. The third-order valence-corrected chi connectivity index (χ3v) is 0.687. The predicted octanol–water partition coefficient (Wildman–Crippen LogP) is -0.825. The molecule has 0 aliphatic rings. The lowest BCUT2D eigenvalue weighted by atomic mass is 10.7. The van der Waals surface area contributed by atoms with Crippen molar-refractivity contribution in [1.82, 2.24) is 15.2 Å². The van der Waals surface area contributed by atoms with Crippen molar-refractivity contribution in [3.8, 4) is 0 Å². The molecule has 0 fully saturated rings. The number of halogens is 1. The number of nitrogen functional groups attached to an aromatic ring is 2.